The first-order chi connectivity index (χ1) is 16.2. The first kappa shape index (κ1) is 27.1. The third kappa shape index (κ3) is 5.48. The van der Waals surface area contributed by atoms with Gasteiger partial charge >= 0.3 is 5.97 Å². The summed E-state index contributed by atoms with van der Waals surface area (Å²) in [5, 5.41) is 2.17. The lowest BCUT2D eigenvalue weighted by atomic mass is 10.0. The highest BCUT2D eigenvalue weighted by atomic mass is 32.2. The summed E-state index contributed by atoms with van der Waals surface area (Å²) in [5.41, 5.74) is 0. The van der Waals surface area contributed by atoms with Gasteiger partial charge in [0.15, 0.2) is 0 Å². The van der Waals surface area contributed by atoms with Crippen LogP contribution < -0.4 is 10.4 Å². The molecule has 34 heavy (non-hydrogen) atoms. The maximum absolute atomic E-state index is 12.2. The molecule has 184 valence electrons. The number of ether oxygens (including phenoxy) is 1. The first-order valence-corrected chi connectivity index (χ1v) is 15.7. The number of carbonyl (C=O) groups is 2. The van der Waals surface area contributed by atoms with Crippen molar-refractivity contribution in [2.75, 3.05) is 18.1 Å². The van der Waals surface area contributed by atoms with E-state index in [2.05, 4.69) is 69.3 Å². The monoisotopic (exact) mass is 516 g/mol. The van der Waals surface area contributed by atoms with Gasteiger partial charge in [-0.15, -0.1) is 23.5 Å². The highest BCUT2D eigenvalue weighted by Gasteiger charge is 2.53. The number of esters is 1. The van der Waals surface area contributed by atoms with Crippen molar-refractivity contribution in [3.8, 4) is 0 Å². The molecule has 1 aliphatic heterocycles. The first-order valence-electron chi connectivity index (χ1n) is 11.8. The standard InChI is InChI=1S/C27H36O4S2Si/c1-21(19-28)27(32-17-12-18-33-27)25(31-22(2)29)20-30-34(26(3,4)5,23-13-8-6-9-14-23)24-15-10-7-11-16-24/h6-11,13-16,19,21,25H,12,17-18,20H2,1-5H3/t21-,25?/m0/s1. The van der Waals surface area contributed by atoms with E-state index in [1.165, 1.54) is 17.3 Å². The van der Waals surface area contributed by atoms with E-state index >= 15 is 0 Å². The predicted molar refractivity (Wildman–Crippen MR) is 147 cm³/mol. The van der Waals surface area contributed by atoms with E-state index < -0.39 is 18.5 Å². The molecule has 0 aliphatic carbocycles. The number of rotatable bonds is 9. The van der Waals surface area contributed by atoms with Crippen molar-refractivity contribution in [1.29, 1.82) is 0 Å². The smallest absolute Gasteiger partial charge is 0.303 e. The van der Waals surface area contributed by atoms with Gasteiger partial charge in [-0.25, -0.2) is 0 Å². The van der Waals surface area contributed by atoms with Crippen LogP contribution in [0.4, 0.5) is 0 Å². The Bertz CT molecular complexity index is 901. The lowest BCUT2D eigenvalue weighted by Crippen LogP contribution is -2.67. The van der Waals surface area contributed by atoms with Crippen molar-refractivity contribution in [2.24, 2.45) is 5.92 Å². The summed E-state index contributed by atoms with van der Waals surface area (Å²) in [7, 11) is -2.80. The SMILES string of the molecule is CC(=O)OC(CO[Si](c1ccccc1)(c1ccccc1)C(C)(C)C)C1([C@@H](C)C=O)SCCCS1. The van der Waals surface area contributed by atoms with Crippen molar-refractivity contribution in [3.05, 3.63) is 60.7 Å². The van der Waals surface area contributed by atoms with E-state index in [-0.39, 0.29) is 23.5 Å². The fourth-order valence-corrected chi connectivity index (χ4v) is 12.8. The quantitative estimate of drug-likeness (QED) is 0.269. The molecule has 1 fully saturated rings. The molecule has 0 N–H and O–H groups in total. The Morgan fingerprint density at radius 1 is 1.03 bits per heavy atom. The number of hydrogen-bond acceptors (Lipinski definition) is 6. The van der Waals surface area contributed by atoms with E-state index in [0.29, 0.717) is 0 Å². The molecular weight excluding hydrogens is 481 g/mol. The largest absolute Gasteiger partial charge is 0.458 e. The van der Waals surface area contributed by atoms with E-state index in [9.17, 15) is 9.59 Å². The summed E-state index contributed by atoms with van der Waals surface area (Å²) >= 11 is 3.47. The van der Waals surface area contributed by atoms with Gasteiger partial charge in [0.25, 0.3) is 8.32 Å². The molecule has 1 aliphatic rings. The highest BCUT2D eigenvalue weighted by Crippen LogP contribution is 2.51. The van der Waals surface area contributed by atoms with Gasteiger partial charge in [0.1, 0.15) is 16.5 Å². The molecule has 1 saturated heterocycles. The Labute approximate surface area is 213 Å². The Balaban J connectivity index is 2.10. The molecule has 0 radical (unpaired) electrons. The van der Waals surface area contributed by atoms with Gasteiger partial charge < -0.3 is 14.0 Å². The van der Waals surface area contributed by atoms with Crippen LogP contribution in [0.3, 0.4) is 0 Å². The van der Waals surface area contributed by atoms with Crippen LogP contribution in [0.1, 0.15) is 41.0 Å². The Hall–Kier alpha value is -1.54. The average molecular weight is 517 g/mol. The molecule has 1 unspecified atom stereocenters. The predicted octanol–water partition coefficient (Wildman–Crippen LogP) is 4.90. The summed E-state index contributed by atoms with van der Waals surface area (Å²) in [6, 6.07) is 20.9. The van der Waals surface area contributed by atoms with Gasteiger partial charge in [0.05, 0.1) is 6.61 Å². The van der Waals surface area contributed by atoms with Gasteiger partial charge in [0, 0.05) is 12.8 Å². The van der Waals surface area contributed by atoms with Crippen LogP contribution in [0.5, 0.6) is 0 Å². The Morgan fingerprint density at radius 2 is 1.53 bits per heavy atom. The zero-order valence-corrected chi connectivity index (χ0v) is 23.4. The van der Waals surface area contributed by atoms with Crippen LogP contribution in [0.15, 0.2) is 60.7 Å². The van der Waals surface area contributed by atoms with Crippen LogP contribution in [-0.4, -0.2) is 48.9 Å². The molecule has 4 nitrogen and oxygen atoms in total. The molecule has 0 saturated carbocycles. The minimum Gasteiger partial charge on any atom is -0.458 e. The molecule has 3 rings (SSSR count). The maximum atomic E-state index is 12.2. The molecule has 2 atom stereocenters. The lowest BCUT2D eigenvalue weighted by Gasteiger charge is -2.47. The third-order valence-electron chi connectivity index (χ3n) is 6.41. The van der Waals surface area contributed by atoms with Crippen molar-refractivity contribution in [2.45, 2.75) is 56.3 Å². The van der Waals surface area contributed by atoms with Crippen molar-refractivity contribution in [1.82, 2.24) is 0 Å². The molecule has 7 heteroatoms. The van der Waals surface area contributed by atoms with Crippen molar-refractivity contribution >= 4 is 54.5 Å². The fraction of sp³-hybridized carbons (Fsp3) is 0.481. The number of aldehydes is 1. The minimum atomic E-state index is -2.80. The summed E-state index contributed by atoms with van der Waals surface area (Å²) in [4.78, 5) is 24.2. The molecule has 2 aromatic rings. The molecule has 0 aromatic heterocycles. The van der Waals surface area contributed by atoms with E-state index in [1.54, 1.807) is 23.5 Å². The lowest BCUT2D eigenvalue weighted by molar-refractivity contribution is -0.149. The number of hydrogen-bond donors (Lipinski definition) is 0. The van der Waals surface area contributed by atoms with E-state index in [0.717, 1.165) is 24.2 Å². The summed E-state index contributed by atoms with van der Waals surface area (Å²) in [6.07, 6.45) is 1.53. The van der Waals surface area contributed by atoms with Crippen molar-refractivity contribution in [3.63, 3.8) is 0 Å². The number of benzene rings is 2. The van der Waals surface area contributed by atoms with Crippen LogP contribution in [0.2, 0.25) is 5.04 Å². The zero-order valence-electron chi connectivity index (χ0n) is 20.8. The molecule has 1 heterocycles. The Morgan fingerprint density at radius 3 is 1.94 bits per heavy atom. The number of carbonyl (C=O) groups excluding carboxylic acids is 2. The summed E-state index contributed by atoms with van der Waals surface area (Å²) in [5.74, 6) is 1.24. The zero-order chi connectivity index (χ0) is 24.8. The Kier molecular flexibility index (Phi) is 9.12. The molecule has 2 aromatic carbocycles. The normalized spacial score (nSPS) is 18.0. The fourth-order valence-electron chi connectivity index (χ4n) is 4.80. The maximum Gasteiger partial charge on any atom is 0.303 e. The van der Waals surface area contributed by atoms with Gasteiger partial charge in [-0.05, 0) is 33.3 Å². The van der Waals surface area contributed by atoms with Crippen LogP contribution >= 0.6 is 23.5 Å². The van der Waals surface area contributed by atoms with E-state index in [1.807, 2.05) is 19.1 Å². The van der Waals surface area contributed by atoms with Crippen LogP contribution in [0, 0.1) is 5.92 Å². The molecule has 0 amide bonds. The minimum absolute atomic E-state index is 0.188. The highest BCUT2D eigenvalue weighted by molar-refractivity contribution is 8.18. The van der Waals surface area contributed by atoms with Gasteiger partial charge in [-0.1, -0.05) is 88.4 Å². The van der Waals surface area contributed by atoms with Gasteiger partial charge in [-0.3, -0.25) is 4.79 Å². The summed E-state index contributed by atoms with van der Waals surface area (Å²) in [6.45, 7) is 10.3. The average Bonchev–Trinajstić information content (AvgIpc) is 2.84. The second kappa shape index (κ2) is 11.5. The molecule has 0 spiro atoms. The second-order valence-corrected chi connectivity index (χ2v) is 17.1. The third-order valence-corrected chi connectivity index (χ3v) is 15.3. The topological polar surface area (TPSA) is 52.6 Å². The van der Waals surface area contributed by atoms with Crippen LogP contribution in [0.25, 0.3) is 0 Å². The molecule has 0 bridgehead atoms. The van der Waals surface area contributed by atoms with Crippen LogP contribution in [-0.2, 0) is 18.8 Å². The summed E-state index contributed by atoms with van der Waals surface area (Å²) < 4.78 is 12.5. The van der Waals surface area contributed by atoms with Gasteiger partial charge in [-0.2, -0.15) is 0 Å². The molecular formula is C27H36O4S2Si. The number of thioether (sulfide) groups is 2. The van der Waals surface area contributed by atoms with Crippen molar-refractivity contribution < 1.29 is 18.8 Å². The van der Waals surface area contributed by atoms with E-state index in [4.69, 9.17) is 9.16 Å². The second-order valence-electron chi connectivity index (χ2n) is 9.77. The van der Waals surface area contributed by atoms with Gasteiger partial charge in [0.2, 0.25) is 0 Å².